The molecule has 26 heavy (non-hydrogen) atoms. The first-order chi connectivity index (χ1) is 12.6. The highest BCUT2D eigenvalue weighted by Gasteiger charge is 2.37. The van der Waals surface area contributed by atoms with Crippen molar-refractivity contribution in [3.63, 3.8) is 0 Å². The summed E-state index contributed by atoms with van der Waals surface area (Å²) < 4.78 is 5.79. The third-order valence-electron chi connectivity index (χ3n) is 4.41. The number of amides is 2. The largest absolute Gasteiger partial charge is 0.493 e. The van der Waals surface area contributed by atoms with Crippen LogP contribution in [-0.4, -0.2) is 49.0 Å². The summed E-state index contributed by atoms with van der Waals surface area (Å²) in [4.78, 5) is 47.5. The van der Waals surface area contributed by atoms with E-state index in [9.17, 15) is 19.2 Å². The van der Waals surface area contributed by atoms with Crippen molar-refractivity contribution < 1.29 is 23.9 Å². The van der Waals surface area contributed by atoms with E-state index in [1.54, 1.807) is 18.2 Å². The first-order valence-corrected chi connectivity index (χ1v) is 8.78. The normalized spacial score (nSPS) is 13.9. The number of carbonyl (C=O) groups excluding carboxylic acids is 4. The van der Waals surface area contributed by atoms with Crippen LogP contribution in [0.5, 0.6) is 5.75 Å². The lowest BCUT2D eigenvalue weighted by atomic mass is 10.1. The van der Waals surface area contributed by atoms with Gasteiger partial charge in [-0.15, -0.1) is 0 Å². The second-order valence-corrected chi connectivity index (χ2v) is 6.10. The zero-order chi connectivity index (χ0) is 18.9. The van der Waals surface area contributed by atoms with E-state index in [2.05, 4.69) is 5.32 Å². The van der Waals surface area contributed by atoms with Crippen molar-refractivity contribution in [1.82, 2.24) is 10.2 Å². The van der Waals surface area contributed by atoms with Crippen LogP contribution in [-0.2, 0) is 20.9 Å². The molecule has 0 spiro atoms. The van der Waals surface area contributed by atoms with E-state index in [0.717, 1.165) is 31.0 Å². The third-order valence-corrected chi connectivity index (χ3v) is 4.41. The Kier molecular flexibility index (Phi) is 7.32. The lowest BCUT2D eigenvalue weighted by Crippen LogP contribution is -2.46. The quantitative estimate of drug-likeness (QED) is 0.477. The molecule has 1 N–H and O–H groups in total. The topological polar surface area (TPSA) is 92.8 Å². The molecule has 140 valence electrons. The van der Waals surface area contributed by atoms with Crippen LogP contribution in [0.15, 0.2) is 18.2 Å². The predicted molar refractivity (Wildman–Crippen MR) is 94.9 cm³/mol. The highest BCUT2D eigenvalue weighted by Crippen LogP contribution is 2.33. The van der Waals surface area contributed by atoms with Crippen LogP contribution in [0.3, 0.4) is 0 Å². The van der Waals surface area contributed by atoms with Gasteiger partial charge in [-0.1, -0.05) is 6.07 Å². The second kappa shape index (κ2) is 9.70. The molecule has 1 heterocycles. The number of carbonyl (C=O) groups is 4. The number of unbranched alkanes of at least 4 members (excludes halogenated alkanes) is 2. The highest BCUT2D eigenvalue weighted by atomic mass is 16.5. The molecule has 0 aromatic heterocycles. The first kappa shape index (κ1) is 19.6. The van der Waals surface area contributed by atoms with Gasteiger partial charge in [0.2, 0.25) is 5.91 Å². The van der Waals surface area contributed by atoms with Crippen molar-refractivity contribution in [3.05, 3.63) is 29.3 Å². The van der Waals surface area contributed by atoms with Gasteiger partial charge in [0, 0.05) is 31.0 Å². The van der Waals surface area contributed by atoms with Crippen LogP contribution in [0.2, 0.25) is 0 Å². The molecule has 2 rings (SSSR count). The number of nitrogens with zero attached hydrogens (tertiary/aromatic N) is 1. The summed E-state index contributed by atoms with van der Waals surface area (Å²) in [6, 6.07) is 4.58. The van der Waals surface area contributed by atoms with Gasteiger partial charge in [0.25, 0.3) is 5.91 Å². The molecule has 0 fully saturated rings. The zero-order valence-electron chi connectivity index (χ0n) is 14.9. The summed E-state index contributed by atoms with van der Waals surface area (Å²) in [6.45, 7) is 0.734. The molecule has 0 saturated carbocycles. The van der Waals surface area contributed by atoms with Crippen LogP contribution >= 0.6 is 0 Å². The Hall–Kier alpha value is -2.70. The minimum Gasteiger partial charge on any atom is -0.493 e. The molecule has 2 amide bonds. The third kappa shape index (κ3) is 4.47. The van der Waals surface area contributed by atoms with Crippen molar-refractivity contribution in [2.24, 2.45) is 0 Å². The number of ether oxygens (including phenoxy) is 1. The lowest BCUT2D eigenvalue weighted by Gasteiger charge is -2.25. The molecule has 1 aromatic carbocycles. The number of aldehydes is 2. The van der Waals surface area contributed by atoms with E-state index < -0.39 is 6.04 Å². The molecule has 7 heteroatoms. The van der Waals surface area contributed by atoms with Gasteiger partial charge in [0.1, 0.15) is 24.4 Å². The van der Waals surface area contributed by atoms with Gasteiger partial charge in [0.15, 0.2) is 0 Å². The molecular weight excluding hydrogens is 336 g/mol. The van der Waals surface area contributed by atoms with Crippen molar-refractivity contribution >= 4 is 24.4 Å². The van der Waals surface area contributed by atoms with Gasteiger partial charge < -0.3 is 24.5 Å². The maximum Gasteiger partial charge on any atom is 0.255 e. The van der Waals surface area contributed by atoms with Gasteiger partial charge >= 0.3 is 0 Å². The fourth-order valence-corrected chi connectivity index (χ4v) is 3.05. The average molecular weight is 360 g/mol. The van der Waals surface area contributed by atoms with E-state index in [1.807, 2.05) is 0 Å². The minimum atomic E-state index is -0.689. The fourth-order valence-electron chi connectivity index (χ4n) is 3.05. The Morgan fingerprint density at radius 3 is 2.73 bits per heavy atom. The molecule has 1 unspecified atom stereocenters. The number of nitrogens with one attached hydrogen (secondary N) is 1. The highest BCUT2D eigenvalue weighted by molar-refractivity contribution is 6.01. The Labute approximate surface area is 152 Å². The zero-order valence-corrected chi connectivity index (χ0v) is 14.9. The number of likely N-dealkylation sites (N-methyl/N-ethyl adjacent to an activating group) is 1. The second-order valence-electron chi connectivity index (χ2n) is 6.10. The maximum atomic E-state index is 12.8. The monoisotopic (exact) mass is 360 g/mol. The standard InChI is InChI=1S/C19H24N2O5/c1-20-18(24)16(8-6-11-23)21-13-15-14(19(21)25)7-5-9-17(15)26-12-4-2-3-10-22/h5,7,9-11,16H,2-4,6,8,12-13H2,1H3,(H,20,24). The lowest BCUT2D eigenvalue weighted by molar-refractivity contribution is -0.125. The van der Waals surface area contributed by atoms with Crippen LogP contribution < -0.4 is 10.1 Å². The smallest absolute Gasteiger partial charge is 0.255 e. The van der Waals surface area contributed by atoms with E-state index in [1.165, 1.54) is 11.9 Å². The summed E-state index contributed by atoms with van der Waals surface area (Å²) >= 11 is 0. The SMILES string of the molecule is CNC(=O)C(CCC=O)N1Cc2c(OCCCCC=O)cccc2C1=O. The first-order valence-electron chi connectivity index (χ1n) is 8.78. The number of benzene rings is 1. The molecule has 7 nitrogen and oxygen atoms in total. The van der Waals surface area contributed by atoms with Gasteiger partial charge in [-0.2, -0.15) is 0 Å². The number of rotatable bonds is 11. The van der Waals surface area contributed by atoms with Crippen molar-refractivity contribution in [2.75, 3.05) is 13.7 Å². The number of fused-ring (bicyclic) bond motifs is 1. The van der Waals surface area contributed by atoms with Crippen molar-refractivity contribution in [2.45, 2.75) is 44.7 Å². The number of hydrogen-bond donors (Lipinski definition) is 1. The van der Waals surface area contributed by atoms with Gasteiger partial charge in [-0.3, -0.25) is 9.59 Å². The van der Waals surface area contributed by atoms with E-state index in [0.29, 0.717) is 24.3 Å². The summed E-state index contributed by atoms with van der Waals surface area (Å²) in [5, 5.41) is 2.56. The van der Waals surface area contributed by atoms with Crippen LogP contribution in [0.25, 0.3) is 0 Å². The van der Waals surface area contributed by atoms with Crippen molar-refractivity contribution in [1.29, 1.82) is 0 Å². The fraction of sp³-hybridized carbons (Fsp3) is 0.474. The van der Waals surface area contributed by atoms with E-state index in [4.69, 9.17) is 4.74 Å². The number of hydrogen-bond acceptors (Lipinski definition) is 5. The Morgan fingerprint density at radius 2 is 2.04 bits per heavy atom. The molecular formula is C19H24N2O5. The summed E-state index contributed by atoms with van der Waals surface area (Å²) in [6.07, 6.45) is 4.14. The molecule has 0 saturated heterocycles. The predicted octanol–water partition coefficient (Wildman–Crippen LogP) is 1.48. The minimum absolute atomic E-state index is 0.207. The molecule has 0 bridgehead atoms. The molecule has 1 aliphatic rings. The summed E-state index contributed by atoms with van der Waals surface area (Å²) in [5.41, 5.74) is 1.28. The summed E-state index contributed by atoms with van der Waals surface area (Å²) in [5.74, 6) is 0.103. The average Bonchev–Trinajstić information content (AvgIpc) is 2.99. The van der Waals surface area contributed by atoms with Crippen LogP contribution in [0.1, 0.15) is 48.0 Å². The molecule has 0 aliphatic carbocycles. The van der Waals surface area contributed by atoms with Crippen LogP contribution in [0, 0.1) is 0 Å². The van der Waals surface area contributed by atoms with Gasteiger partial charge in [-0.05, 0) is 31.4 Å². The molecule has 1 atom stereocenters. The molecule has 1 aliphatic heterocycles. The van der Waals surface area contributed by atoms with Gasteiger partial charge in [0.05, 0.1) is 13.2 Å². The Morgan fingerprint density at radius 1 is 1.27 bits per heavy atom. The molecule has 0 radical (unpaired) electrons. The maximum absolute atomic E-state index is 12.8. The van der Waals surface area contributed by atoms with Crippen LogP contribution in [0.4, 0.5) is 0 Å². The Bertz CT molecular complexity index is 674. The van der Waals surface area contributed by atoms with E-state index >= 15 is 0 Å². The van der Waals surface area contributed by atoms with Crippen molar-refractivity contribution in [3.8, 4) is 5.75 Å². The summed E-state index contributed by atoms with van der Waals surface area (Å²) in [7, 11) is 1.51. The van der Waals surface area contributed by atoms with Gasteiger partial charge in [-0.25, -0.2) is 0 Å². The Balaban J connectivity index is 2.13. The van der Waals surface area contributed by atoms with E-state index in [-0.39, 0.29) is 31.2 Å². The molecule has 1 aromatic rings.